The molecule has 0 aliphatic carbocycles. The molecule has 1 aromatic rings. The average molecular weight is 379 g/mol. The van der Waals surface area contributed by atoms with Gasteiger partial charge in [0.25, 0.3) is 10.0 Å². The Morgan fingerprint density at radius 2 is 1.62 bits per heavy atom. The molecule has 1 saturated heterocycles. The number of rotatable bonds is 5. The number of hydrogen-bond donors (Lipinski definition) is 2. The number of amides is 2. The molecule has 10 heteroatoms. The first kappa shape index (κ1) is 18.1. The van der Waals surface area contributed by atoms with Crippen LogP contribution in [-0.2, 0) is 29.1 Å². The van der Waals surface area contributed by atoms with Gasteiger partial charge in [0.05, 0.1) is 23.0 Å². The highest BCUT2D eigenvalue weighted by atomic mass is 32.2. The summed E-state index contributed by atoms with van der Waals surface area (Å²) in [5.41, 5.74) is 0.278. The molecular weight excluding hydrogens is 364 g/mol. The lowest BCUT2D eigenvalue weighted by Crippen LogP contribution is -2.45. The van der Waals surface area contributed by atoms with E-state index >= 15 is 0 Å². The van der Waals surface area contributed by atoms with Crippen LogP contribution in [0.1, 0.15) is 6.92 Å². The Bertz CT molecular complexity index is 892. The Morgan fingerprint density at radius 1 is 1.04 bits per heavy atom. The van der Waals surface area contributed by atoms with Crippen molar-refractivity contribution in [3.63, 3.8) is 0 Å². The SMILES string of the molecule is CC(=O)NS(=O)(=O)c1ccc(NC(=O)[C@H]2[C@@H](C(=O)[O-])[C@H]3C=C[C@@H]2O3)cc1. The van der Waals surface area contributed by atoms with Gasteiger partial charge in [0, 0.05) is 24.5 Å². The minimum absolute atomic E-state index is 0.149. The maximum Gasteiger partial charge on any atom is 0.264 e. The van der Waals surface area contributed by atoms with E-state index in [9.17, 15) is 27.9 Å². The van der Waals surface area contributed by atoms with E-state index in [1.165, 1.54) is 24.3 Å². The van der Waals surface area contributed by atoms with Crippen molar-refractivity contribution < 1.29 is 32.6 Å². The van der Waals surface area contributed by atoms with Crippen molar-refractivity contribution in [1.82, 2.24) is 4.72 Å². The van der Waals surface area contributed by atoms with Crippen LogP contribution in [0.15, 0.2) is 41.3 Å². The number of aliphatic carboxylic acids is 1. The van der Waals surface area contributed by atoms with Crippen molar-refractivity contribution in [2.75, 3.05) is 5.32 Å². The molecule has 0 unspecified atom stereocenters. The van der Waals surface area contributed by atoms with E-state index in [1.807, 2.05) is 4.72 Å². The molecule has 2 amide bonds. The molecule has 138 valence electrons. The average Bonchev–Trinajstić information content (AvgIpc) is 3.15. The van der Waals surface area contributed by atoms with Crippen molar-refractivity contribution in [3.8, 4) is 0 Å². The van der Waals surface area contributed by atoms with E-state index < -0.39 is 51.9 Å². The van der Waals surface area contributed by atoms with Gasteiger partial charge in [-0.3, -0.25) is 9.59 Å². The lowest BCUT2D eigenvalue weighted by molar-refractivity contribution is -0.313. The number of nitrogens with one attached hydrogen (secondary N) is 2. The number of carboxylic acid groups (broad SMARTS) is 1. The quantitative estimate of drug-likeness (QED) is 0.610. The maximum absolute atomic E-state index is 12.5. The topological polar surface area (TPSA) is 142 Å². The number of benzene rings is 1. The Labute approximate surface area is 149 Å². The molecule has 4 atom stereocenters. The number of carbonyl (C=O) groups is 3. The summed E-state index contributed by atoms with van der Waals surface area (Å²) in [5, 5.41) is 13.8. The van der Waals surface area contributed by atoms with E-state index in [1.54, 1.807) is 12.2 Å². The summed E-state index contributed by atoms with van der Waals surface area (Å²) < 4.78 is 31.0. The zero-order valence-electron chi connectivity index (χ0n) is 13.5. The Hall–Kier alpha value is -2.72. The van der Waals surface area contributed by atoms with Gasteiger partial charge in [0.1, 0.15) is 0 Å². The first-order valence-electron chi connectivity index (χ1n) is 7.68. The molecule has 26 heavy (non-hydrogen) atoms. The Kier molecular flexibility index (Phi) is 4.55. The van der Waals surface area contributed by atoms with Gasteiger partial charge in [0.15, 0.2) is 0 Å². The molecule has 1 fully saturated rings. The van der Waals surface area contributed by atoms with E-state index in [2.05, 4.69) is 5.32 Å². The molecule has 2 aliphatic heterocycles. The summed E-state index contributed by atoms with van der Waals surface area (Å²) in [6, 6.07) is 5.11. The van der Waals surface area contributed by atoms with E-state index in [-0.39, 0.29) is 10.6 Å². The van der Waals surface area contributed by atoms with Gasteiger partial charge in [-0.05, 0) is 24.3 Å². The van der Waals surface area contributed by atoms with Crippen LogP contribution in [0.4, 0.5) is 5.69 Å². The highest BCUT2D eigenvalue weighted by molar-refractivity contribution is 7.90. The summed E-state index contributed by atoms with van der Waals surface area (Å²) in [6.07, 6.45) is 1.90. The number of ether oxygens (including phenoxy) is 1. The van der Waals surface area contributed by atoms with Crippen molar-refractivity contribution in [1.29, 1.82) is 0 Å². The molecule has 0 spiro atoms. The first-order valence-corrected chi connectivity index (χ1v) is 9.16. The number of fused-ring (bicyclic) bond motifs is 2. The number of anilines is 1. The molecule has 2 heterocycles. The zero-order chi connectivity index (χ0) is 19.1. The second-order valence-corrected chi connectivity index (χ2v) is 7.68. The minimum Gasteiger partial charge on any atom is -0.550 e. The van der Waals surface area contributed by atoms with Gasteiger partial charge >= 0.3 is 0 Å². The fourth-order valence-electron chi connectivity index (χ4n) is 3.09. The fourth-order valence-corrected chi connectivity index (χ4v) is 4.08. The van der Waals surface area contributed by atoms with Crippen LogP contribution < -0.4 is 15.1 Å². The number of carboxylic acids is 1. The monoisotopic (exact) mass is 379 g/mol. The molecular formula is C16H15N2O7S-. The van der Waals surface area contributed by atoms with Crippen LogP contribution in [0.5, 0.6) is 0 Å². The van der Waals surface area contributed by atoms with Gasteiger partial charge in [-0.25, -0.2) is 13.1 Å². The van der Waals surface area contributed by atoms with Gasteiger partial charge < -0.3 is 20.0 Å². The molecule has 9 nitrogen and oxygen atoms in total. The number of sulfonamides is 1. The largest absolute Gasteiger partial charge is 0.550 e. The fraction of sp³-hybridized carbons (Fsp3) is 0.312. The predicted molar refractivity (Wildman–Crippen MR) is 85.9 cm³/mol. The van der Waals surface area contributed by atoms with Crippen molar-refractivity contribution in [3.05, 3.63) is 36.4 Å². The number of carbonyl (C=O) groups excluding carboxylic acids is 3. The van der Waals surface area contributed by atoms with Crippen LogP contribution in [0.25, 0.3) is 0 Å². The van der Waals surface area contributed by atoms with Crippen LogP contribution in [0.2, 0.25) is 0 Å². The summed E-state index contributed by atoms with van der Waals surface area (Å²) in [7, 11) is -3.97. The van der Waals surface area contributed by atoms with Crippen LogP contribution in [-0.4, -0.2) is 38.4 Å². The highest BCUT2D eigenvalue weighted by Gasteiger charge is 2.50. The standard InChI is InChI=1S/C16H16N2O7S/c1-8(19)18-26(23,24)10-4-2-9(3-5-10)17-15(20)13-11-6-7-12(25-11)14(13)16(21)22/h2-7,11-14H,1H3,(H,17,20)(H,18,19)(H,21,22)/p-1/t11-,12+,13+,14-/m0/s1. The van der Waals surface area contributed by atoms with Gasteiger partial charge in [0.2, 0.25) is 11.8 Å². The third kappa shape index (κ3) is 3.33. The third-order valence-electron chi connectivity index (χ3n) is 4.18. The van der Waals surface area contributed by atoms with Crippen molar-refractivity contribution in [2.24, 2.45) is 11.8 Å². The molecule has 0 aromatic heterocycles. The molecule has 2 N–H and O–H groups in total. The Balaban J connectivity index is 1.73. The number of hydrogen-bond acceptors (Lipinski definition) is 7. The third-order valence-corrected chi connectivity index (χ3v) is 5.63. The van der Waals surface area contributed by atoms with Gasteiger partial charge in [-0.15, -0.1) is 0 Å². The second kappa shape index (κ2) is 6.54. The van der Waals surface area contributed by atoms with Crippen LogP contribution in [0.3, 0.4) is 0 Å². The normalized spacial score (nSPS) is 26.5. The molecule has 2 bridgehead atoms. The lowest BCUT2D eigenvalue weighted by atomic mass is 9.82. The molecule has 3 rings (SSSR count). The summed E-state index contributed by atoms with van der Waals surface area (Å²) >= 11 is 0. The van der Waals surface area contributed by atoms with E-state index in [0.29, 0.717) is 0 Å². The second-order valence-electron chi connectivity index (χ2n) is 6.00. The maximum atomic E-state index is 12.5. The van der Waals surface area contributed by atoms with Gasteiger partial charge in [-0.2, -0.15) is 0 Å². The van der Waals surface area contributed by atoms with Gasteiger partial charge in [-0.1, -0.05) is 12.2 Å². The lowest BCUT2D eigenvalue weighted by Gasteiger charge is -2.25. The van der Waals surface area contributed by atoms with E-state index in [0.717, 1.165) is 6.92 Å². The van der Waals surface area contributed by atoms with Crippen molar-refractivity contribution >= 4 is 33.5 Å². The highest BCUT2D eigenvalue weighted by Crippen LogP contribution is 2.39. The molecule has 0 saturated carbocycles. The van der Waals surface area contributed by atoms with Crippen molar-refractivity contribution in [2.45, 2.75) is 24.0 Å². The smallest absolute Gasteiger partial charge is 0.264 e. The molecule has 1 aromatic carbocycles. The molecule has 0 radical (unpaired) electrons. The van der Waals surface area contributed by atoms with Crippen LogP contribution >= 0.6 is 0 Å². The Morgan fingerprint density at radius 3 is 2.15 bits per heavy atom. The predicted octanol–water partition coefficient (Wildman–Crippen LogP) is -1.23. The first-order chi connectivity index (χ1) is 12.2. The molecule has 2 aliphatic rings. The van der Waals surface area contributed by atoms with Crippen LogP contribution in [0, 0.1) is 11.8 Å². The zero-order valence-corrected chi connectivity index (χ0v) is 14.4. The summed E-state index contributed by atoms with van der Waals surface area (Å²) in [6.45, 7) is 1.08. The summed E-state index contributed by atoms with van der Waals surface area (Å²) in [5.74, 6) is -4.66. The summed E-state index contributed by atoms with van der Waals surface area (Å²) in [4.78, 5) is 34.5. The van der Waals surface area contributed by atoms with E-state index in [4.69, 9.17) is 4.74 Å². The minimum atomic E-state index is -3.97.